The SMILES string of the molecule is CCOC(=O)C(O)=CC=C(C(=O)OCC)c1cccc(Oc2ccccc2)c1. The zero-order valence-corrected chi connectivity index (χ0v) is 15.8. The molecule has 0 aromatic heterocycles. The number of allylic oxidation sites excluding steroid dienone is 2. The summed E-state index contributed by atoms with van der Waals surface area (Å²) in [6.45, 7) is 3.63. The molecule has 0 saturated carbocycles. The van der Waals surface area contributed by atoms with Gasteiger partial charge in [0.05, 0.1) is 18.8 Å². The van der Waals surface area contributed by atoms with Crippen LogP contribution in [0.15, 0.2) is 72.5 Å². The maximum atomic E-state index is 12.4. The second kappa shape index (κ2) is 10.6. The molecule has 0 aliphatic carbocycles. The molecule has 0 bridgehead atoms. The normalized spacial score (nSPS) is 11.6. The van der Waals surface area contributed by atoms with E-state index in [1.54, 1.807) is 38.1 Å². The van der Waals surface area contributed by atoms with E-state index in [4.69, 9.17) is 14.2 Å². The van der Waals surface area contributed by atoms with Gasteiger partial charge in [0, 0.05) is 0 Å². The number of hydrogen-bond donors (Lipinski definition) is 1. The van der Waals surface area contributed by atoms with E-state index < -0.39 is 17.7 Å². The van der Waals surface area contributed by atoms with Crippen LogP contribution in [-0.2, 0) is 19.1 Å². The van der Waals surface area contributed by atoms with Crippen molar-refractivity contribution in [2.24, 2.45) is 0 Å². The fraction of sp³-hybridized carbons (Fsp3) is 0.182. The number of hydrogen-bond acceptors (Lipinski definition) is 6. The number of carbonyl (C=O) groups excluding carboxylic acids is 2. The van der Waals surface area contributed by atoms with Crippen LogP contribution in [0.2, 0.25) is 0 Å². The summed E-state index contributed by atoms with van der Waals surface area (Å²) in [4.78, 5) is 23.9. The molecular formula is C22H22O6. The van der Waals surface area contributed by atoms with Crippen molar-refractivity contribution in [2.75, 3.05) is 13.2 Å². The molecule has 0 saturated heterocycles. The highest BCUT2D eigenvalue weighted by molar-refractivity contribution is 6.17. The summed E-state index contributed by atoms with van der Waals surface area (Å²) in [6, 6.07) is 16.1. The summed E-state index contributed by atoms with van der Waals surface area (Å²) < 4.78 is 15.6. The molecule has 2 aromatic carbocycles. The first kappa shape index (κ1) is 20.8. The molecule has 0 heterocycles. The maximum Gasteiger partial charge on any atom is 0.373 e. The van der Waals surface area contributed by atoms with Gasteiger partial charge in [0.2, 0.25) is 5.76 Å². The van der Waals surface area contributed by atoms with E-state index in [1.165, 1.54) is 6.08 Å². The van der Waals surface area contributed by atoms with E-state index in [0.29, 0.717) is 17.1 Å². The molecule has 1 N–H and O–H groups in total. The molecule has 146 valence electrons. The van der Waals surface area contributed by atoms with E-state index in [9.17, 15) is 14.7 Å². The molecule has 2 rings (SSSR count). The zero-order valence-electron chi connectivity index (χ0n) is 15.8. The predicted octanol–water partition coefficient (Wildman–Crippen LogP) is 4.43. The lowest BCUT2D eigenvalue weighted by molar-refractivity contribution is -0.141. The third-order valence-electron chi connectivity index (χ3n) is 3.51. The Kier molecular flexibility index (Phi) is 7.84. The summed E-state index contributed by atoms with van der Waals surface area (Å²) in [6.07, 6.45) is 2.42. The Hall–Kier alpha value is -3.54. The van der Waals surface area contributed by atoms with Crippen LogP contribution in [-0.4, -0.2) is 30.3 Å². The predicted molar refractivity (Wildman–Crippen MR) is 105 cm³/mol. The molecule has 0 aliphatic heterocycles. The Morgan fingerprint density at radius 2 is 1.50 bits per heavy atom. The summed E-state index contributed by atoms with van der Waals surface area (Å²) in [5.74, 6) is -0.894. The van der Waals surface area contributed by atoms with E-state index in [-0.39, 0.29) is 18.8 Å². The lowest BCUT2D eigenvalue weighted by Crippen LogP contribution is -2.08. The van der Waals surface area contributed by atoms with Crippen LogP contribution in [0.1, 0.15) is 19.4 Å². The summed E-state index contributed by atoms with van der Waals surface area (Å²) in [5.41, 5.74) is 0.677. The summed E-state index contributed by atoms with van der Waals surface area (Å²) in [5, 5.41) is 9.77. The molecule has 0 radical (unpaired) electrons. The number of aliphatic hydroxyl groups is 1. The number of para-hydroxylation sites is 1. The Bertz CT molecular complexity index is 868. The van der Waals surface area contributed by atoms with Crippen molar-refractivity contribution in [1.82, 2.24) is 0 Å². The second-order valence-electron chi connectivity index (χ2n) is 5.52. The molecule has 0 unspecified atom stereocenters. The molecule has 0 amide bonds. The topological polar surface area (TPSA) is 82.1 Å². The lowest BCUT2D eigenvalue weighted by Gasteiger charge is -2.10. The summed E-state index contributed by atoms with van der Waals surface area (Å²) >= 11 is 0. The van der Waals surface area contributed by atoms with E-state index in [0.717, 1.165) is 6.08 Å². The highest BCUT2D eigenvalue weighted by Crippen LogP contribution is 2.26. The van der Waals surface area contributed by atoms with Crippen molar-refractivity contribution in [3.8, 4) is 11.5 Å². The molecule has 0 fully saturated rings. The number of carbonyl (C=O) groups is 2. The first-order valence-corrected chi connectivity index (χ1v) is 8.83. The monoisotopic (exact) mass is 382 g/mol. The zero-order chi connectivity index (χ0) is 20.4. The van der Waals surface area contributed by atoms with Crippen molar-refractivity contribution < 1.29 is 28.9 Å². The van der Waals surface area contributed by atoms with Gasteiger partial charge in [0.1, 0.15) is 11.5 Å². The number of aliphatic hydroxyl groups excluding tert-OH is 1. The third kappa shape index (κ3) is 6.02. The second-order valence-corrected chi connectivity index (χ2v) is 5.52. The molecule has 6 nitrogen and oxygen atoms in total. The highest BCUT2D eigenvalue weighted by Gasteiger charge is 2.15. The minimum atomic E-state index is -0.872. The molecular weight excluding hydrogens is 360 g/mol. The Morgan fingerprint density at radius 1 is 0.857 bits per heavy atom. The van der Waals surface area contributed by atoms with Crippen LogP contribution in [0.3, 0.4) is 0 Å². The Balaban J connectivity index is 2.34. The van der Waals surface area contributed by atoms with Gasteiger partial charge in [-0.15, -0.1) is 0 Å². The van der Waals surface area contributed by atoms with Gasteiger partial charge in [-0.1, -0.05) is 30.3 Å². The van der Waals surface area contributed by atoms with E-state index in [1.807, 2.05) is 30.3 Å². The number of rotatable bonds is 8. The largest absolute Gasteiger partial charge is 0.502 e. The van der Waals surface area contributed by atoms with E-state index >= 15 is 0 Å². The third-order valence-corrected chi connectivity index (χ3v) is 3.51. The van der Waals surface area contributed by atoms with Gasteiger partial charge in [-0.3, -0.25) is 0 Å². The van der Waals surface area contributed by atoms with Gasteiger partial charge in [-0.2, -0.15) is 0 Å². The maximum absolute atomic E-state index is 12.4. The van der Waals surface area contributed by atoms with Gasteiger partial charge in [-0.05, 0) is 55.8 Å². The Morgan fingerprint density at radius 3 is 2.18 bits per heavy atom. The van der Waals surface area contributed by atoms with Crippen LogP contribution in [0.5, 0.6) is 11.5 Å². The number of esters is 2. The molecule has 0 atom stereocenters. The van der Waals surface area contributed by atoms with Crippen molar-refractivity contribution >= 4 is 17.5 Å². The van der Waals surface area contributed by atoms with Crippen LogP contribution in [0, 0.1) is 0 Å². The standard InChI is InChI=1S/C22H22O6/c1-3-26-21(24)19(13-14-20(23)22(25)27-4-2)16-9-8-12-18(15-16)28-17-10-6-5-7-11-17/h5-15,23H,3-4H2,1-2H3. The first-order chi connectivity index (χ1) is 13.5. The van der Waals surface area contributed by atoms with E-state index in [2.05, 4.69) is 0 Å². The van der Waals surface area contributed by atoms with Gasteiger partial charge < -0.3 is 19.3 Å². The summed E-state index contributed by atoms with van der Waals surface area (Å²) in [7, 11) is 0. The minimum Gasteiger partial charge on any atom is -0.502 e. The van der Waals surface area contributed by atoms with Crippen molar-refractivity contribution in [2.45, 2.75) is 13.8 Å². The first-order valence-electron chi connectivity index (χ1n) is 8.83. The number of ether oxygens (including phenoxy) is 3. The van der Waals surface area contributed by atoms with Crippen molar-refractivity contribution in [3.05, 3.63) is 78.1 Å². The average Bonchev–Trinajstić information content (AvgIpc) is 2.69. The molecule has 2 aromatic rings. The molecule has 0 aliphatic rings. The van der Waals surface area contributed by atoms with Gasteiger partial charge in [0.25, 0.3) is 0 Å². The smallest absolute Gasteiger partial charge is 0.373 e. The van der Waals surface area contributed by atoms with Crippen LogP contribution in [0.25, 0.3) is 5.57 Å². The average molecular weight is 382 g/mol. The van der Waals surface area contributed by atoms with Crippen LogP contribution in [0.4, 0.5) is 0 Å². The number of benzene rings is 2. The fourth-order valence-electron chi connectivity index (χ4n) is 2.28. The minimum absolute atomic E-state index is 0.129. The lowest BCUT2D eigenvalue weighted by atomic mass is 10.0. The van der Waals surface area contributed by atoms with Crippen LogP contribution >= 0.6 is 0 Å². The van der Waals surface area contributed by atoms with Gasteiger partial charge in [0.15, 0.2) is 0 Å². The van der Waals surface area contributed by atoms with Gasteiger partial charge in [-0.25, -0.2) is 9.59 Å². The van der Waals surface area contributed by atoms with Crippen molar-refractivity contribution in [3.63, 3.8) is 0 Å². The fourth-order valence-corrected chi connectivity index (χ4v) is 2.28. The molecule has 6 heteroatoms. The molecule has 28 heavy (non-hydrogen) atoms. The highest BCUT2D eigenvalue weighted by atomic mass is 16.5. The Labute approximate surface area is 163 Å². The molecule has 0 spiro atoms. The van der Waals surface area contributed by atoms with Crippen molar-refractivity contribution in [1.29, 1.82) is 0 Å². The van der Waals surface area contributed by atoms with Crippen LogP contribution < -0.4 is 4.74 Å². The van der Waals surface area contributed by atoms with Gasteiger partial charge >= 0.3 is 11.9 Å². The quantitative estimate of drug-likeness (QED) is 0.315.